The highest BCUT2D eigenvalue weighted by Gasteiger charge is 2.19. The molecule has 0 saturated heterocycles. The molecule has 0 saturated carbocycles. The molecular weight excluding hydrogens is 254 g/mol. The van der Waals surface area contributed by atoms with Crippen LogP contribution in [0.2, 0.25) is 0 Å². The van der Waals surface area contributed by atoms with Gasteiger partial charge in [-0.2, -0.15) is 0 Å². The lowest BCUT2D eigenvalue weighted by Gasteiger charge is -2.19. The van der Waals surface area contributed by atoms with Crippen LogP contribution in [-0.4, -0.2) is 29.4 Å². The first-order valence-electron chi connectivity index (χ1n) is 6.71. The molecule has 4 nitrogen and oxygen atoms in total. The maximum atomic E-state index is 11.9. The Kier molecular flexibility index (Phi) is 3.86. The molecule has 1 aromatic heterocycles. The van der Waals surface area contributed by atoms with E-state index in [0.717, 1.165) is 16.5 Å². The first-order valence-corrected chi connectivity index (χ1v) is 6.71. The standard InChI is InChI=1S/C16H21NO3/c1-16(2,3)11-5-6-14-12(9-11)13(15(19)20-4)10-17(14)7-8-18/h5-6,9-10,18H,7-8H2,1-4H3. The van der Waals surface area contributed by atoms with Crippen molar-refractivity contribution in [3.63, 3.8) is 0 Å². The molecule has 0 bridgehead atoms. The van der Waals surface area contributed by atoms with Crippen molar-refractivity contribution in [1.82, 2.24) is 4.57 Å². The summed E-state index contributed by atoms with van der Waals surface area (Å²) in [6, 6.07) is 6.10. The fourth-order valence-electron chi connectivity index (χ4n) is 2.33. The largest absolute Gasteiger partial charge is 0.465 e. The fourth-order valence-corrected chi connectivity index (χ4v) is 2.33. The number of ether oxygens (including phenoxy) is 1. The topological polar surface area (TPSA) is 51.5 Å². The Balaban J connectivity index is 2.68. The maximum Gasteiger partial charge on any atom is 0.340 e. The van der Waals surface area contributed by atoms with E-state index in [-0.39, 0.29) is 18.0 Å². The van der Waals surface area contributed by atoms with E-state index >= 15 is 0 Å². The van der Waals surface area contributed by atoms with Gasteiger partial charge in [0.2, 0.25) is 0 Å². The van der Waals surface area contributed by atoms with Gasteiger partial charge in [0.25, 0.3) is 0 Å². The Morgan fingerprint density at radius 2 is 2.05 bits per heavy atom. The van der Waals surface area contributed by atoms with Crippen LogP contribution in [0.4, 0.5) is 0 Å². The molecule has 0 amide bonds. The van der Waals surface area contributed by atoms with Gasteiger partial charge >= 0.3 is 5.97 Å². The van der Waals surface area contributed by atoms with Gasteiger partial charge in [0.05, 0.1) is 19.3 Å². The quantitative estimate of drug-likeness (QED) is 0.876. The smallest absolute Gasteiger partial charge is 0.340 e. The van der Waals surface area contributed by atoms with Crippen molar-refractivity contribution in [1.29, 1.82) is 0 Å². The molecule has 0 aliphatic carbocycles. The molecule has 20 heavy (non-hydrogen) atoms. The third kappa shape index (κ3) is 2.56. The second-order valence-electron chi connectivity index (χ2n) is 5.93. The molecule has 0 radical (unpaired) electrons. The highest BCUT2D eigenvalue weighted by atomic mass is 16.5. The molecule has 1 N–H and O–H groups in total. The van der Waals surface area contributed by atoms with Crippen molar-refractivity contribution in [3.05, 3.63) is 35.5 Å². The van der Waals surface area contributed by atoms with Crippen LogP contribution in [-0.2, 0) is 16.7 Å². The highest BCUT2D eigenvalue weighted by Crippen LogP contribution is 2.29. The molecular formula is C16H21NO3. The Morgan fingerprint density at radius 1 is 1.35 bits per heavy atom. The third-order valence-corrected chi connectivity index (χ3v) is 3.49. The lowest BCUT2D eigenvalue weighted by molar-refractivity contribution is 0.0602. The van der Waals surface area contributed by atoms with Crippen LogP contribution in [0.1, 0.15) is 36.7 Å². The summed E-state index contributed by atoms with van der Waals surface area (Å²) in [7, 11) is 1.38. The summed E-state index contributed by atoms with van der Waals surface area (Å²) in [5.41, 5.74) is 2.66. The second-order valence-corrected chi connectivity index (χ2v) is 5.93. The van der Waals surface area contributed by atoms with Crippen LogP contribution in [0, 0.1) is 0 Å². The number of aliphatic hydroxyl groups is 1. The average Bonchev–Trinajstić information content (AvgIpc) is 2.76. The summed E-state index contributed by atoms with van der Waals surface area (Å²) >= 11 is 0. The number of carbonyl (C=O) groups is 1. The summed E-state index contributed by atoms with van der Waals surface area (Å²) in [6.45, 7) is 6.90. The number of benzene rings is 1. The van der Waals surface area contributed by atoms with E-state index in [4.69, 9.17) is 9.84 Å². The van der Waals surface area contributed by atoms with E-state index in [0.29, 0.717) is 12.1 Å². The zero-order valence-electron chi connectivity index (χ0n) is 12.4. The molecule has 0 unspecified atom stereocenters. The minimum absolute atomic E-state index is 0.0145. The van der Waals surface area contributed by atoms with E-state index in [1.165, 1.54) is 7.11 Å². The Bertz CT molecular complexity index is 635. The van der Waals surface area contributed by atoms with Crippen molar-refractivity contribution >= 4 is 16.9 Å². The van der Waals surface area contributed by atoms with Crippen LogP contribution in [0.5, 0.6) is 0 Å². The molecule has 0 aliphatic heterocycles. The molecule has 108 valence electrons. The van der Waals surface area contributed by atoms with Gasteiger partial charge in [0.15, 0.2) is 0 Å². The zero-order valence-corrected chi connectivity index (χ0v) is 12.4. The van der Waals surface area contributed by atoms with Crippen LogP contribution in [0.25, 0.3) is 10.9 Å². The molecule has 0 fully saturated rings. The van der Waals surface area contributed by atoms with Crippen LogP contribution in [0.15, 0.2) is 24.4 Å². The average molecular weight is 275 g/mol. The zero-order chi connectivity index (χ0) is 14.9. The number of hydrogen-bond acceptors (Lipinski definition) is 3. The van der Waals surface area contributed by atoms with Gasteiger partial charge in [-0.1, -0.05) is 26.8 Å². The number of esters is 1. The molecule has 0 spiro atoms. The number of carbonyl (C=O) groups excluding carboxylic acids is 1. The molecule has 1 heterocycles. The fraction of sp³-hybridized carbons (Fsp3) is 0.438. The van der Waals surface area contributed by atoms with Crippen LogP contribution in [0.3, 0.4) is 0 Å². The molecule has 1 aromatic carbocycles. The van der Waals surface area contributed by atoms with Crippen molar-refractivity contribution < 1.29 is 14.6 Å². The summed E-state index contributed by atoms with van der Waals surface area (Å²) in [5, 5.41) is 10.0. The minimum Gasteiger partial charge on any atom is -0.465 e. The number of nitrogens with zero attached hydrogens (tertiary/aromatic N) is 1. The Hall–Kier alpha value is -1.81. The van der Waals surface area contributed by atoms with Crippen molar-refractivity contribution in [2.45, 2.75) is 32.7 Å². The van der Waals surface area contributed by atoms with Gasteiger partial charge in [-0.3, -0.25) is 0 Å². The van der Waals surface area contributed by atoms with Crippen LogP contribution >= 0.6 is 0 Å². The van der Waals surface area contributed by atoms with Gasteiger partial charge in [-0.15, -0.1) is 0 Å². The number of fused-ring (bicyclic) bond motifs is 1. The Morgan fingerprint density at radius 3 is 2.60 bits per heavy atom. The third-order valence-electron chi connectivity index (χ3n) is 3.49. The maximum absolute atomic E-state index is 11.9. The van der Waals surface area contributed by atoms with Crippen molar-refractivity contribution in [2.75, 3.05) is 13.7 Å². The summed E-state index contributed by atoms with van der Waals surface area (Å²) < 4.78 is 6.73. The first kappa shape index (κ1) is 14.6. The highest BCUT2D eigenvalue weighted by molar-refractivity contribution is 6.04. The van der Waals surface area contributed by atoms with E-state index in [9.17, 15) is 4.79 Å². The van der Waals surface area contributed by atoms with Crippen molar-refractivity contribution in [2.24, 2.45) is 0 Å². The Labute approximate surface area is 119 Å². The van der Waals surface area contributed by atoms with Crippen LogP contribution < -0.4 is 0 Å². The lowest BCUT2D eigenvalue weighted by Crippen LogP contribution is -2.11. The number of aromatic nitrogens is 1. The predicted molar refractivity (Wildman–Crippen MR) is 79.1 cm³/mol. The minimum atomic E-state index is -0.349. The SMILES string of the molecule is COC(=O)c1cn(CCO)c2ccc(C(C)(C)C)cc12. The second kappa shape index (κ2) is 5.29. The van der Waals surface area contributed by atoms with E-state index < -0.39 is 0 Å². The van der Waals surface area contributed by atoms with E-state index in [1.807, 2.05) is 16.7 Å². The summed E-state index contributed by atoms with van der Waals surface area (Å²) in [4.78, 5) is 11.9. The van der Waals surface area contributed by atoms with Gasteiger partial charge in [-0.05, 0) is 23.1 Å². The molecule has 4 heteroatoms. The number of methoxy groups -OCH3 is 1. The van der Waals surface area contributed by atoms with Gasteiger partial charge in [-0.25, -0.2) is 4.79 Å². The number of rotatable bonds is 3. The lowest BCUT2D eigenvalue weighted by atomic mass is 9.86. The monoisotopic (exact) mass is 275 g/mol. The molecule has 2 aromatic rings. The molecule has 0 aliphatic rings. The molecule has 2 rings (SSSR count). The van der Waals surface area contributed by atoms with E-state index in [1.54, 1.807) is 6.20 Å². The van der Waals surface area contributed by atoms with Gasteiger partial charge < -0.3 is 14.4 Å². The number of hydrogen-bond donors (Lipinski definition) is 1. The van der Waals surface area contributed by atoms with E-state index in [2.05, 4.69) is 26.8 Å². The first-order chi connectivity index (χ1) is 9.38. The van der Waals surface area contributed by atoms with Crippen molar-refractivity contribution in [3.8, 4) is 0 Å². The predicted octanol–water partition coefficient (Wildman–Crippen LogP) is 2.72. The summed E-state index contributed by atoms with van der Waals surface area (Å²) in [6.07, 6.45) is 1.75. The summed E-state index contributed by atoms with van der Waals surface area (Å²) in [5.74, 6) is -0.349. The van der Waals surface area contributed by atoms with Gasteiger partial charge in [0, 0.05) is 23.6 Å². The number of aliphatic hydroxyl groups excluding tert-OH is 1. The normalized spacial score (nSPS) is 11.8. The molecule has 0 atom stereocenters. The van der Waals surface area contributed by atoms with Gasteiger partial charge in [0.1, 0.15) is 0 Å².